The molecule has 0 fully saturated rings. The van der Waals surface area contributed by atoms with Crippen LogP contribution in [0.5, 0.6) is 0 Å². The second-order valence-corrected chi connectivity index (χ2v) is 11.3. The van der Waals surface area contributed by atoms with Crippen LogP contribution in [-0.2, 0) is 19.6 Å². The van der Waals surface area contributed by atoms with E-state index >= 15 is 0 Å². The van der Waals surface area contributed by atoms with Crippen LogP contribution in [0.1, 0.15) is 37.9 Å². The number of unbranched alkanes of at least 4 members (excludes halogenated alkanes) is 1. The quantitative estimate of drug-likeness (QED) is 0.159. The molecule has 0 N–H and O–H groups in total. The first kappa shape index (κ1) is 31.4. The van der Waals surface area contributed by atoms with Crippen LogP contribution < -0.4 is 0 Å². The predicted octanol–water partition coefficient (Wildman–Crippen LogP) is 9.61. The number of benzene rings is 3. The molecule has 44 heavy (non-hydrogen) atoms. The summed E-state index contributed by atoms with van der Waals surface area (Å²) in [6, 6.07) is 23.7. The standard InChI is InChI=1S/C36H36F5N3/c1-3-4-21-44-32(34(26-13-7-5-8-14-26)42-35(44)27-15-9-6-10-16-27)24-43(23-29-18-12-20-31(37)33(29)38)22-28-17-11-19-30(25(28)2)36(39,40)41/h5-20,25,28H,3-4,21-24H2,1-2H3. The maximum atomic E-state index is 15.0. The molecule has 230 valence electrons. The minimum absolute atomic E-state index is 0.0135. The topological polar surface area (TPSA) is 21.1 Å². The van der Waals surface area contributed by atoms with Crippen LogP contribution >= 0.6 is 0 Å². The molecule has 0 amide bonds. The van der Waals surface area contributed by atoms with Gasteiger partial charge in [0.25, 0.3) is 0 Å². The molecule has 3 aromatic carbocycles. The van der Waals surface area contributed by atoms with Gasteiger partial charge in [0.2, 0.25) is 0 Å². The van der Waals surface area contributed by atoms with E-state index in [-0.39, 0.29) is 25.2 Å². The van der Waals surface area contributed by atoms with E-state index in [0.717, 1.165) is 53.3 Å². The zero-order chi connectivity index (χ0) is 31.3. The van der Waals surface area contributed by atoms with Crippen LogP contribution in [0, 0.1) is 23.5 Å². The Morgan fingerprint density at radius 1 is 0.864 bits per heavy atom. The minimum Gasteiger partial charge on any atom is -0.326 e. The number of allylic oxidation sites excluding steroid dienone is 3. The smallest absolute Gasteiger partial charge is 0.326 e. The fraction of sp³-hybridized carbons (Fsp3) is 0.306. The fourth-order valence-corrected chi connectivity index (χ4v) is 5.87. The first-order chi connectivity index (χ1) is 21.2. The van der Waals surface area contributed by atoms with Gasteiger partial charge < -0.3 is 4.57 Å². The summed E-state index contributed by atoms with van der Waals surface area (Å²) in [5.74, 6) is -2.42. The maximum Gasteiger partial charge on any atom is 0.412 e. The summed E-state index contributed by atoms with van der Waals surface area (Å²) in [5.41, 5.74) is 3.03. The molecule has 1 aliphatic rings. The van der Waals surface area contributed by atoms with Gasteiger partial charge in [-0.3, -0.25) is 4.90 Å². The summed E-state index contributed by atoms with van der Waals surface area (Å²) in [4.78, 5) is 7.05. The molecule has 5 rings (SSSR count). The molecule has 1 heterocycles. The molecule has 0 radical (unpaired) electrons. The number of hydrogen-bond acceptors (Lipinski definition) is 2. The van der Waals surface area contributed by atoms with Crippen LogP contribution in [0.4, 0.5) is 22.0 Å². The van der Waals surface area contributed by atoms with Gasteiger partial charge in [0.05, 0.1) is 11.4 Å². The van der Waals surface area contributed by atoms with Gasteiger partial charge in [-0.05, 0) is 24.3 Å². The molecule has 0 aliphatic heterocycles. The number of rotatable bonds is 11. The molecule has 0 bridgehead atoms. The Kier molecular flexibility index (Phi) is 9.79. The fourth-order valence-electron chi connectivity index (χ4n) is 5.87. The number of imidazole rings is 1. The summed E-state index contributed by atoms with van der Waals surface area (Å²) >= 11 is 0. The van der Waals surface area contributed by atoms with Crippen molar-refractivity contribution in [1.29, 1.82) is 0 Å². The highest BCUT2D eigenvalue weighted by molar-refractivity contribution is 5.68. The van der Waals surface area contributed by atoms with E-state index in [1.807, 2.05) is 65.6 Å². The number of hydrogen-bond donors (Lipinski definition) is 0. The van der Waals surface area contributed by atoms with Crippen molar-refractivity contribution >= 4 is 0 Å². The van der Waals surface area contributed by atoms with Crippen LogP contribution in [0.15, 0.2) is 103 Å². The van der Waals surface area contributed by atoms with Crippen LogP contribution in [0.3, 0.4) is 0 Å². The second kappa shape index (κ2) is 13.7. The Morgan fingerprint density at radius 3 is 2.20 bits per heavy atom. The molecule has 2 atom stereocenters. The lowest BCUT2D eigenvalue weighted by atomic mass is 9.82. The molecule has 1 aromatic heterocycles. The Morgan fingerprint density at radius 2 is 1.55 bits per heavy atom. The van der Waals surface area contributed by atoms with Gasteiger partial charge in [-0.15, -0.1) is 0 Å². The van der Waals surface area contributed by atoms with Gasteiger partial charge >= 0.3 is 6.18 Å². The Labute approximate surface area is 255 Å². The summed E-state index contributed by atoms with van der Waals surface area (Å²) in [5, 5.41) is 0. The Hall–Kier alpha value is -4.04. The van der Waals surface area contributed by atoms with E-state index < -0.39 is 35.2 Å². The molecule has 0 saturated carbocycles. The lowest BCUT2D eigenvalue weighted by molar-refractivity contribution is -0.101. The van der Waals surface area contributed by atoms with E-state index in [9.17, 15) is 22.0 Å². The Bertz CT molecular complexity index is 1610. The summed E-state index contributed by atoms with van der Waals surface area (Å²) in [6.07, 6.45) is 1.72. The zero-order valence-electron chi connectivity index (χ0n) is 24.9. The van der Waals surface area contributed by atoms with Crippen molar-refractivity contribution in [2.75, 3.05) is 6.54 Å². The highest BCUT2D eigenvalue weighted by Gasteiger charge is 2.40. The largest absolute Gasteiger partial charge is 0.412 e. The normalized spacial score (nSPS) is 16.9. The van der Waals surface area contributed by atoms with Crippen molar-refractivity contribution in [2.45, 2.75) is 52.5 Å². The number of halogens is 5. The van der Waals surface area contributed by atoms with E-state index in [1.165, 1.54) is 18.2 Å². The van der Waals surface area contributed by atoms with Crippen molar-refractivity contribution in [1.82, 2.24) is 14.5 Å². The number of alkyl halides is 3. The van der Waals surface area contributed by atoms with Crippen molar-refractivity contribution < 1.29 is 22.0 Å². The van der Waals surface area contributed by atoms with Crippen LogP contribution in [0.2, 0.25) is 0 Å². The third-order valence-corrected chi connectivity index (χ3v) is 8.25. The molecular weight excluding hydrogens is 569 g/mol. The molecular formula is C36H36F5N3. The van der Waals surface area contributed by atoms with Crippen molar-refractivity contribution in [3.05, 3.63) is 126 Å². The van der Waals surface area contributed by atoms with E-state index in [1.54, 1.807) is 13.0 Å². The highest BCUT2D eigenvalue weighted by Crippen LogP contribution is 2.39. The van der Waals surface area contributed by atoms with Crippen molar-refractivity contribution in [3.8, 4) is 22.6 Å². The second-order valence-electron chi connectivity index (χ2n) is 11.3. The van der Waals surface area contributed by atoms with Crippen LogP contribution in [-0.4, -0.2) is 27.2 Å². The lowest BCUT2D eigenvalue weighted by Crippen LogP contribution is -2.35. The summed E-state index contributed by atoms with van der Waals surface area (Å²) in [6.45, 7) is 4.85. The molecule has 1 aliphatic carbocycles. The van der Waals surface area contributed by atoms with Gasteiger partial charge in [-0.2, -0.15) is 13.2 Å². The number of aromatic nitrogens is 2. The number of nitrogens with zero attached hydrogens (tertiary/aromatic N) is 3. The van der Waals surface area contributed by atoms with Crippen molar-refractivity contribution in [2.24, 2.45) is 11.8 Å². The maximum absolute atomic E-state index is 15.0. The van der Waals surface area contributed by atoms with E-state index in [0.29, 0.717) is 6.54 Å². The lowest BCUT2D eigenvalue weighted by Gasteiger charge is -2.33. The highest BCUT2D eigenvalue weighted by atomic mass is 19.4. The third kappa shape index (κ3) is 7.02. The molecule has 3 nitrogen and oxygen atoms in total. The SMILES string of the molecule is CCCCn1c(-c2ccccc2)nc(-c2ccccc2)c1CN(Cc1cccc(F)c1F)CC1C=CC=C(C(F)(F)F)C1C. The molecule has 8 heteroatoms. The monoisotopic (exact) mass is 605 g/mol. The van der Waals surface area contributed by atoms with Gasteiger partial charge in [0.1, 0.15) is 5.82 Å². The average molecular weight is 606 g/mol. The predicted molar refractivity (Wildman–Crippen MR) is 164 cm³/mol. The molecule has 0 saturated heterocycles. The van der Waals surface area contributed by atoms with E-state index in [2.05, 4.69) is 11.5 Å². The molecule has 0 spiro atoms. The zero-order valence-corrected chi connectivity index (χ0v) is 24.9. The summed E-state index contributed by atoms with van der Waals surface area (Å²) in [7, 11) is 0. The van der Waals surface area contributed by atoms with Gasteiger partial charge in [0.15, 0.2) is 11.6 Å². The molecule has 2 unspecified atom stereocenters. The first-order valence-corrected chi connectivity index (χ1v) is 15.0. The van der Waals surface area contributed by atoms with Crippen LogP contribution in [0.25, 0.3) is 22.6 Å². The first-order valence-electron chi connectivity index (χ1n) is 15.0. The average Bonchev–Trinajstić information content (AvgIpc) is 3.37. The molecule has 4 aromatic rings. The Balaban J connectivity index is 1.61. The van der Waals surface area contributed by atoms with Crippen molar-refractivity contribution in [3.63, 3.8) is 0 Å². The summed E-state index contributed by atoms with van der Waals surface area (Å²) < 4.78 is 73.0. The van der Waals surface area contributed by atoms with Gasteiger partial charge in [0, 0.05) is 48.4 Å². The van der Waals surface area contributed by atoms with E-state index in [4.69, 9.17) is 4.98 Å². The van der Waals surface area contributed by atoms with Gasteiger partial charge in [-0.1, -0.05) is 111 Å². The third-order valence-electron chi connectivity index (χ3n) is 8.25. The minimum atomic E-state index is -4.45. The van der Waals surface area contributed by atoms with Gasteiger partial charge in [-0.25, -0.2) is 13.8 Å².